The number of aliphatic hydroxyl groups excluding tert-OH is 1. The zero-order valence-electron chi connectivity index (χ0n) is 14.4. The molecule has 0 aromatic heterocycles. The molecule has 0 radical (unpaired) electrons. The molecule has 138 valence electrons. The van der Waals surface area contributed by atoms with Gasteiger partial charge in [0.05, 0.1) is 19.8 Å². The summed E-state index contributed by atoms with van der Waals surface area (Å²) in [6.45, 7) is 0.643. The lowest BCUT2D eigenvalue weighted by molar-refractivity contribution is -0.159. The topological polar surface area (TPSA) is 59.0 Å². The summed E-state index contributed by atoms with van der Waals surface area (Å²) in [7, 11) is 0. The van der Waals surface area contributed by atoms with Gasteiger partial charge in [0.25, 0.3) is 5.91 Å². The number of morpholine rings is 1. The third-order valence-electron chi connectivity index (χ3n) is 4.41. The van der Waals surface area contributed by atoms with E-state index in [1.54, 1.807) is 29.2 Å². The number of halogens is 1. The van der Waals surface area contributed by atoms with E-state index < -0.39 is 5.60 Å². The van der Waals surface area contributed by atoms with Gasteiger partial charge in [-0.15, -0.1) is 0 Å². The molecule has 0 saturated carbocycles. The predicted molar refractivity (Wildman–Crippen MR) is 94.4 cm³/mol. The van der Waals surface area contributed by atoms with Gasteiger partial charge >= 0.3 is 0 Å². The molecule has 0 aliphatic carbocycles. The second kappa shape index (κ2) is 8.29. The van der Waals surface area contributed by atoms with Gasteiger partial charge in [-0.1, -0.05) is 30.3 Å². The molecule has 1 aliphatic heterocycles. The van der Waals surface area contributed by atoms with E-state index in [4.69, 9.17) is 9.47 Å². The van der Waals surface area contributed by atoms with E-state index in [9.17, 15) is 14.3 Å². The van der Waals surface area contributed by atoms with Crippen LogP contribution in [-0.4, -0.2) is 54.4 Å². The number of carbonyl (C=O) groups excluding carboxylic acids is 1. The van der Waals surface area contributed by atoms with Crippen molar-refractivity contribution in [2.75, 3.05) is 32.9 Å². The third-order valence-corrected chi connectivity index (χ3v) is 4.41. The molecule has 1 heterocycles. The zero-order valence-corrected chi connectivity index (χ0v) is 14.4. The molecule has 26 heavy (non-hydrogen) atoms. The minimum Gasteiger partial charge on any atom is -0.484 e. The fourth-order valence-electron chi connectivity index (χ4n) is 3.09. The molecule has 1 amide bonds. The number of benzene rings is 2. The van der Waals surface area contributed by atoms with Crippen LogP contribution in [0.5, 0.6) is 5.75 Å². The fraction of sp³-hybridized carbons (Fsp3) is 0.350. The van der Waals surface area contributed by atoms with Crippen molar-refractivity contribution in [3.05, 3.63) is 66.0 Å². The predicted octanol–water partition coefficient (Wildman–Crippen LogP) is 2.04. The van der Waals surface area contributed by atoms with Crippen LogP contribution >= 0.6 is 0 Å². The highest BCUT2D eigenvalue weighted by molar-refractivity contribution is 5.78. The summed E-state index contributed by atoms with van der Waals surface area (Å²) < 4.78 is 24.7. The molecule has 2 aromatic rings. The van der Waals surface area contributed by atoms with Crippen LogP contribution < -0.4 is 4.74 Å². The maximum absolute atomic E-state index is 13.4. The number of aliphatic hydroxyl groups is 1. The molecule has 0 bridgehead atoms. The number of hydrogen-bond donors (Lipinski definition) is 1. The van der Waals surface area contributed by atoms with Crippen molar-refractivity contribution in [1.29, 1.82) is 0 Å². The van der Waals surface area contributed by atoms with Crippen molar-refractivity contribution in [3.63, 3.8) is 0 Å². The smallest absolute Gasteiger partial charge is 0.260 e. The molecule has 1 unspecified atom stereocenters. The van der Waals surface area contributed by atoms with E-state index in [2.05, 4.69) is 0 Å². The average molecular weight is 359 g/mol. The van der Waals surface area contributed by atoms with Crippen LogP contribution in [0.3, 0.4) is 0 Å². The monoisotopic (exact) mass is 359 g/mol. The van der Waals surface area contributed by atoms with Crippen molar-refractivity contribution in [2.45, 2.75) is 12.0 Å². The lowest BCUT2D eigenvalue weighted by Crippen LogP contribution is -2.57. The number of nitrogens with zero attached hydrogens (tertiary/aromatic N) is 1. The Morgan fingerprint density at radius 3 is 2.77 bits per heavy atom. The molecular formula is C20H22FNO4. The van der Waals surface area contributed by atoms with Gasteiger partial charge in [-0.2, -0.15) is 0 Å². The number of para-hydroxylation sites is 1. The SMILES string of the molecule is O=C(COc1ccccc1)N1CCOC(CO)(Cc2cccc(F)c2)C1. The number of ether oxygens (including phenoxy) is 2. The molecule has 1 aliphatic rings. The lowest BCUT2D eigenvalue weighted by atomic mass is 9.93. The maximum atomic E-state index is 13.4. The highest BCUT2D eigenvalue weighted by Gasteiger charge is 2.38. The minimum absolute atomic E-state index is 0.0779. The Balaban J connectivity index is 1.63. The molecule has 3 rings (SSSR count). The zero-order chi connectivity index (χ0) is 18.4. The first kappa shape index (κ1) is 18.4. The number of rotatable bonds is 6. The van der Waals surface area contributed by atoms with Crippen molar-refractivity contribution < 1.29 is 23.8 Å². The summed E-state index contributed by atoms with van der Waals surface area (Å²) in [4.78, 5) is 14.1. The van der Waals surface area contributed by atoms with Crippen LogP contribution in [0.25, 0.3) is 0 Å². The van der Waals surface area contributed by atoms with Gasteiger partial charge in [0.2, 0.25) is 0 Å². The Kier molecular flexibility index (Phi) is 5.85. The fourth-order valence-corrected chi connectivity index (χ4v) is 3.09. The third kappa shape index (κ3) is 4.59. The van der Waals surface area contributed by atoms with Crippen LogP contribution in [-0.2, 0) is 16.0 Å². The summed E-state index contributed by atoms with van der Waals surface area (Å²) in [6, 6.07) is 15.3. The standard InChI is InChI=1S/C20H22FNO4/c21-17-6-4-5-16(11-17)12-20(15-23)14-22(9-10-26-20)19(24)13-25-18-7-2-1-3-8-18/h1-8,11,23H,9-10,12-15H2. The van der Waals surface area contributed by atoms with E-state index in [1.807, 2.05) is 18.2 Å². The molecule has 1 N–H and O–H groups in total. The first-order chi connectivity index (χ1) is 12.6. The number of carbonyl (C=O) groups is 1. The lowest BCUT2D eigenvalue weighted by Gasteiger charge is -2.41. The van der Waals surface area contributed by atoms with Gasteiger partial charge in [0.15, 0.2) is 6.61 Å². The second-order valence-corrected chi connectivity index (χ2v) is 6.41. The van der Waals surface area contributed by atoms with Crippen LogP contribution in [0, 0.1) is 5.82 Å². The van der Waals surface area contributed by atoms with E-state index in [-0.39, 0.29) is 31.5 Å². The Bertz CT molecular complexity index is 740. The van der Waals surface area contributed by atoms with Crippen LogP contribution in [0.1, 0.15) is 5.56 Å². The molecule has 1 atom stereocenters. The van der Waals surface area contributed by atoms with E-state index in [1.165, 1.54) is 12.1 Å². The normalized spacial score (nSPS) is 20.0. The molecule has 5 nitrogen and oxygen atoms in total. The van der Waals surface area contributed by atoms with Gasteiger partial charge < -0.3 is 19.5 Å². The molecule has 6 heteroatoms. The molecule has 1 fully saturated rings. The van der Waals surface area contributed by atoms with Crippen molar-refractivity contribution in [2.24, 2.45) is 0 Å². The first-order valence-corrected chi connectivity index (χ1v) is 8.55. The summed E-state index contributed by atoms with van der Waals surface area (Å²) in [5.41, 5.74) is -0.220. The largest absolute Gasteiger partial charge is 0.484 e. The van der Waals surface area contributed by atoms with Gasteiger partial charge in [-0.3, -0.25) is 4.79 Å². The minimum atomic E-state index is -0.936. The van der Waals surface area contributed by atoms with Gasteiger partial charge in [0.1, 0.15) is 17.2 Å². The Hall–Kier alpha value is -2.44. The first-order valence-electron chi connectivity index (χ1n) is 8.55. The number of amides is 1. The van der Waals surface area contributed by atoms with Crippen molar-refractivity contribution >= 4 is 5.91 Å². The Morgan fingerprint density at radius 1 is 1.23 bits per heavy atom. The second-order valence-electron chi connectivity index (χ2n) is 6.41. The van der Waals surface area contributed by atoms with E-state index >= 15 is 0 Å². The highest BCUT2D eigenvalue weighted by Crippen LogP contribution is 2.24. The van der Waals surface area contributed by atoms with Crippen molar-refractivity contribution in [3.8, 4) is 5.75 Å². The van der Waals surface area contributed by atoms with Gasteiger partial charge in [0, 0.05) is 13.0 Å². The van der Waals surface area contributed by atoms with Crippen molar-refractivity contribution in [1.82, 2.24) is 4.90 Å². The molecule has 0 spiro atoms. The molecule has 1 saturated heterocycles. The molecule has 2 aromatic carbocycles. The van der Waals surface area contributed by atoms with Crippen LogP contribution in [0.15, 0.2) is 54.6 Å². The Labute approximate surface area is 152 Å². The summed E-state index contributed by atoms with van der Waals surface area (Å²) in [5.74, 6) is 0.118. The van der Waals surface area contributed by atoms with Crippen LogP contribution in [0.2, 0.25) is 0 Å². The van der Waals surface area contributed by atoms with Gasteiger partial charge in [-0.05, 0) is 29.8 Å². The highest BCUT2D eigenvalue weighted by atomic mass is 19.1. The van der Waals surface area contributed by atoms with Crippen LogP contribution in [0.4, 0.5) is 4.39 Å². The summed E-state index contributed by atoms with van der Waals surface area (Å²) >= 11 is 0. The average Bonchev–Trinajstić information content (AvgIpc) is 2.67. The number of hydrogen-bond acceptors (Lipinski definition) is 4. The maximum Gasteiger partial charge on any atom is 0.260 e. The quantitative estimate of drug-likeness (QED) is 0.858. The van der Waals surface area contributed by atoms with E-state index in [0.717, 1.165) is 0 Å². The Morgan fingerprint density at radius 2 is 2.04 bits per heavy atom. The van der Waals surface area contributed by atoms with Gasteiger partial charge in [-0.25, -0.2) is 4.39 Å². The summed E-state index contributed by atoms with van der Waals surface area (Å²) in [6.07, 6.45) is 0.324. The summed E-state index contributed by atoms with van der Waals surface area (Å²) in [5, 5.41) is 9.89. The molecular weight excluding hydrogens is 337 g/mol. The van der Waals surface area contributed by atoms with E-state index in [0.29, 0.717) is 30.9 Å².